The van der Waals surface area contributed by atoms with Gasteiger partial charge in [0.05, 0.1) is 33.6 Å². The number of hydrogen-bond donors (Lipinski definition) is 1. The maximum atomic E-state index is 12.4. The van der Waals surface area contributed by atoms with Crippen LogP contribution >= 0.6 is 0 Å². The van der Waals surface area contributed by atoms with E-state index in [9.17, 15) is 13.2 Å². The van der Waals surface area contributed by atoms with Gasteiger partial charge in [-0.1, -0.05) is 0 Å². The Bertz CT molecular complexity index is 420. The maximum absolute atomic E-state index is 12.4. The SMILES string of the molecule is [B]C1([B])COc2cc(C(F)(F)F)ccc2N1. The second-order valence-electron chi connectivity index (χ2n) is 3.66. The Kier molecular flexibility index (Phi) is 2.36. The summed E-state index contributed by atoms with van der Waals surface area (Å²) < 4.78 is 42.2. The van der Waals surface area contributed by atoms with E-state index in [0.29, 0.717) is 5.69 Å². The Morgan fingerprint density at radius 3 is 2.62 bits per heavy atom. The normalized spacial score (nSPS) is 18.2. The van der Waals surface area contributed by atoms with Gasteiger partial charge in [0.25, 0.3) is 0 Å². The van der Waals surface area contributed by atoms with Crippen LogP contribution in [0.1, 0.15) is 5.56 Å². The summed E-state index contributed by atoms with van der Waals surface area (Å²) in [6, 6.07) is 3.10. The first-order valence-electron chi connectivity index (χ1n) is 4.48. The number of nitrogens with one attached hydrogen (secondary N) is 1. The van der Waals surface area contributed by atoms with E-state index in [4.69, 9.17) is 20.4 Å². The van der Waals surface area contributed by atoms with Crippen molar-refractivity contribution in [2.45, 2.75) is 11.5 Å². The average molecular weight is 223 g/mol. The third-order valence-electron chi connectivity index (χ3n) is 2.14. The van der Waals surface area contributed by atoms with Crippen molar-refractivity contribution in [2.75, 3.05) is 11.9 Å². The standard InChI is InChI=1S/C9H6B2F3NO/c10-8(11)4-16-7-3-5(9(12,13)14)1-2-6(7)15-8/h1-3,15H,4H2. The van der Waals surface area contributed by atoms with Crippen molar-refractivity contribution in [1.29, 1.82) is 0 Å². The smallest absolute Gasteiger partial charge is 0.416 e. The quantitative estimate of drug-likeness (QED) is 0.672. The van der Waals surface area contributed by atoms with Crippen molar-refractivity contribution >= 4 is 21.4 Å². The molecule has 1 heterocycles. The summed E-state index contributed by atoms with van der Waals surface area (Å²) in [7, 11) is 11.1. The predicted molar refractivity (Wildman–Crippen MR) is 54.8 cm³/mol. The van der Waals surface area contributed by atoms with Crippen LogP contribution in [-0.4, -0.2) is 27.6 Å². The summed E-state index contributed by atoms with van der Waals surface area (Å²) in [6.45, 7) is -0.0959. The highest BCUT2D eigenvalue weighted by Gasteiger charge is 2.33. The number of ether oxygens (including phenoxy) is 1. The first-order valence-corrected chi connectivity index (χ1v) is 4.48. The Labute approximate surface area is 93.0 Å². The molecule has 1 N–H and O–H groups in total. The number of anilines is 1. The first kappa shape index (κ1) is 11.2. The molecule has 1 aromatic carbocycles. The highest BCUT2D eigenvalue weighted by Crippen LogP contribution is 2.37. The van der Waals surface area contributed by atoms with Gasteiger partial charge >= 0.3 is 6.18 Å². The molecule has 0 aliphatic carbocycles. The van der Waals surface area contributed by atoms with Crippen molar-refractivity contribution in [2.24, 2.45) is 0 Å². The number of fused-ring (bicyclic) bond motifs is 1. The van der Waals surface area contributed by atoms with E-state index in [1.807, 2.05) is 0 Å². The number of alkyl halides is 3. The van der Waals surface area contributed by atoms with E-state index >= 15 is 0 Å². The van der Waals surface area contributed by atoms with Gasteiger partial charge in [-0.25, -0.2) is 0 Å². The van der Waals surface area contributed by atoms with E-state index in [1.165, 1.54) is 6.07 Å². The van der Waals surface area contributed by atoms with Crippen LogP contribution in [0.2, 0.25) is 0 Å². The zero-order valence-electron chi connectivity index (χ0n) is 8.14. The fourth-order valence-electron chi connectivity index (χ4n) is 1.41. The number of halogens is 3. The molecule has 7 heteroatoms. The third-order valence-corrected chi connectivity index (χ3v) is 2.14. The molecular weight excluding hydrogens is 217 g/mol. The van der Waals surface area contributed by atoms with E-state index in [2.05, 4.69) is 5.32 Å². The van der Waals surface area contributed by atoms with Gasteiger partial charge in [0.15, 0.2) is 0 Å². The van der Waals surface area contributed by atoms with Gasteiger partial charge in [0, 0.05) is 0 Å². The molecule has 0 aromatic heterocycles. The van der Waals surface area contributed by atoms with Gasteiger partial charge in [-0.05, 0) is 23.5 Å². The van der Waals surface area contributed by atoms with Crippen LogP contribution in [0.15, 0.2) is 18.2 Å². The molecule has 0 saturated heterocycles. The van der Waals surface area contributed by atoms with Crippen molar-refractivity contribution in [3.8, 4) is 5.75 Å². The maximum Gasteiger partial charge on any atom is 0.416 e. The molecule has 1 aromatic rings. The molecule has 4 radical (unpaired) electrons. The van der Waals surface area contributed by atoms with Crippen LogP contribution in [0.4, 0.5) is 18.9 Å². The lowest BCUT2D eigenvalue weighted by atomic mass is 9.62. The third kappa shape index (κ3) is 2.13. The summed E-state index contributed by atoms with van der Waals surface area (Å²) >= 11 is 0. The fraction of sp³-hybridized carbons (Fsp3) is 0.333. The molecule has 0 atom stereocenters. The molecule has 2 rings (SSSR count). The first-order chi connectivity index (χ1) is 7.28. The topological polar surface area (TPSA) is 21.3 Å². The highest BCUT2D eigenvalue weighted by atomic mass is 19.4. The van der Waals surface area contributed by atoms with Gasteiger partial charge in [0.1, 0.15) is 5.75 Å². The number of benzene rings is 1. The van der Waals surface area contributed by atoms with E-state index in [-0.39, 0.29) is 12.4 Å². The van der Waals surface area contributed by atoms with Gasteiger partial charge < -0.3 is 10.1 Å². The van der Waals surface area contributed by atoms with Crippen molar-refractivity contribution in [3.05, 3.63) is 23.8 Å². The second kappa shape index (κ2) is 3.37. The van der Waals surface area contributed by atoms with Crippen molar-refractivity contribution in [3.63, 3.8) is 0 Å². The zero-order valence-corrected chi connectivity index (χ0v) is 8.14. The Morgan fingerprint density at radius 2 is 2.00 bits per heavy atom. The van der Waals surface area contributed by atoms with Crippen LogP contribution in [0.25, 0.3) is 0 Å². The molecule has 0 spiro atoms. The molecule has 0 saturated carbocycles. The van der Waals surface area contributed by atoms with Crippen LogP contribution in [-0.2, 0) is 6.18 Å². The molecule has 1 aliphatic rings. The highest BCUT2D eigenvalue weighted by molar-refractivity contribution is 6.42. The van der Waals surface area contributed by atoms with Crippen molar-refractivity contribution < 1.29 is 17.9 Å². The minimum atomic E-state index is -4.39. The molecule has 1 aliphatic heterocycles. The molecular formula is C9H6B2F3NO. The molecule has 80 valence electrons. The molecule has 0 fully saturated rings. The minimum absolute atomic E-state index is 0.0959. The number of hydrogen-bond acceptors (Lipinski definition) is 2. The van der Waals surface area contributed by atoms with Crippen LogP contribution < -0.4 is 10.1 Å². The lowest BCUT2D eigenvalue weighted by Crippen LogP contribution is -2.47. The minimum Gasteiger partial charge on any atom is -0.491 e. The summed E-state index contributed by atoms with van der Waals surface area (Å²) in [5, 5.41) is 1.42. The van der Waals surface area contributed by atoms with Gasteiger partial charge in [-0.2, -0.15) is 13.2 Å². The van der Waals surface area contributed by atoms with Crippen molar-refractivity contribution in [1.82, 2.24) is 0 Å². The largest absolute Gasteiger partial charge is 0.491 e. The lowest BCUT2D eigenvalue weighted by Gasteiger charge is -2.35. The lowest BCUT2D eigenvalue weighted by molar-refractivity contribution is -0.137. The Morgan fingerprint density at radius 1 is 1.31 bits per heavy atom. The Balaban J connectivity index is 2.36. The molecule has 0 unspecified atom stereocenters. The summed E-state index contributed by atoms with van der Waals surface area (Å²) in [5.41, 5.74) is -0.418. The summed E-state index contributed by atoms with van der Waals surface area (Å²) in [5.74, 6) is 0.0985. The van der Waals surface area contributed by atoms with E-state index < -0.39 is 17.1 Å². The summed E-state index contributed by atoms with van der Waals surface area (Å²) in [6.07, 6.45) is -4.39. The van der Waals surface area contributed by atoms with Crippen LogP contribution in [0.3, 0.4) is 0 Å². The summed E-state index contributed by atoms with van der Waals surface area (Å²) in [4.78, 5) is 0. The van der Waals surface area contributed by atoms with E-state index in [1.54, 1.807) is 0 Å². The number of rotatable bonds is 0. The average Bonchev–Trinajstić information content (AvgIpc) is 2.14. The molecule has 0 bridgehead atoms. The Hall–Kier alpha value is -1.26. The monoisotopic (exact) mass is 223 g/mol. The predicted octanol–water partition coefficient (Wildman–Crippen LogP) is 1.50. The van der Waals surface area contributed by atoms with Gasteiger partial charge in [-0.15, -0.1) is 0 Å². The molecule has 0 amide bonds. The molecule has 2 nitrogen and oxygen atoms in total. The van der Waals surface area contributed by atoms with Gasteiger partial charge in [0.2, 0.25) is 0 Å². The second-order valence-corrected chi connectivity index (χ2v) is 3.66. The zero-order chi connectivity index (χ0) is 12.0. The fourth-order valence-corrected chi connectivity index (χ4v) is 1.41. The van der Waals surface area contributed by atoms with E-state index in [0.717, 1.165) is 12.1 Å². The van der Waals surface area contributed by atoms with Gasteiger partial charge in [-0.3, -0.25) is 0 Å². The van der Waals surface area contributed by atoms with Crippen LogP contribution in [0.5, 0.6) is 5.75 Å². The van der Waals surface area contributed by atoms with Crippen LogP contribution in [0, 0.1) is 0 Å². The molecule has 16 heavy (non-hydrogen) atoms.